The van der Waals surface area contributed by atoms with E-state index >= 15 is 0 Å². The lowest BCUT2D eigenvalue weighted by Crippen LogP contribution is -2.56. The van der Waals surface area contributed by atoms with Gasteiger partial charge in [0, 0.05) is 55.6 Å². The lowest BCUT2D eigenvalue weighted by atomic mass is 9.97. The van der Waals surface area contributed by atoms with Crippen molar-refractivity contribution >= 4 is 16.9 Å². The Bertz CT molecular complexity index is 1400. The van der Waals surface area contributed by atoms with Crippen molar-refractivity contribution in [1.82, 2.24) is 34.5 Å². The molecule has 0 aliphatic carbocycles. The third kappa shape index (κ3) is 3.75. The van der Waals surface area contributed by atoms with Gasteiger partial charge >= 0.3 is 0 Å². The molecule has 1 amide bonds. The van der Waals surface area contributed by atoms with Crippen LogP contribution in [0, 0.1) is 23.5 Å². The van der Waals surface area contributed by atoms with Crippen molar-refractivity contribution in [2.24, 2.45) is 0 Å². The molecule has 3 aromatic heterocycles. The van der Waals surface area contributed by atoms with Crippen molar-refractivity contribution in [3.05, 3.63) is 72.2 Å². The zero-order chi connectivity index (χ0) is 24.1. The first-order valence-electron chi connectivity index (χ1n) is 11.3. The lowest BCUT2D eigenvalue weighted by Gasteiger charge is -2.46. The second-order valence-electron chi connectivity index (χ2n) is 8.85. The highest BCUT2D eigenvalue weighted by Gasteiger charge is 2.37. The number of benzene rings is 1. The van der Waals surface area contributed by atoms with Crippen molar-refractivity contribution in [2.45, 2.75) is 18.9 Å². The van der Waals surface area contributed by atoms with E-state index in [2.05, 4.69) is 25.0 Å². The molecule has 1 aromatic carbocycles. The van der Waals surface area contributed by atoms with Gasteiger partial charge in [-0.05, 0) is 31.0 Å². The second kappa shape index (κ2) is 8.49. The van der Waals surface area contributed by atoms with E-state index in [0.29, 0.717) is 13.1 Å². The van der Waals surface area contributed by atoms with Gasteiger partial charge in [0.2, 0.25) is 0 Å². The maximum atomic E-state index is 14.0. The minimum atomic E-state index is -1.62. The van der Waals surface area contributed by atoms with Crippen molar-refractivity contribution in [2.75, 3.05) is 26.2 Å². The topological polar surface area (TPSA) is 82.9 Å². The molecule has 0 bridgehead atoms. The number of hydrogen-bond acceptors (Lipinski definition) is 5. The molecule has 2 saturated heterocycles. The number of amides is 1. The Kier molecular flexibility index (Phi) is 5.28. The normalized spacial score (nSPS) is 17.7. The third-order valence-electron chi connectivity index (χ3n) is 6.84. The molecule has 179 valence electrons. The number of halogens is 3. The van der Waals surface area contributed by atoms with Gasteiger partial charge in [-0.3, -0.25) is 14.4 Å². The first kappa shape index (κ1) is 21.8. The number of H-pyrrole nitrogens is 1. The van der Waals surface area contributed by atoms with Crippen LogP contribution in [0.3, 0.4) is 0 Å². The highest BCUT2D eigenvalue weighted by atomic mass is 19.2. The van der Waals surface area contributed by atoms with Crippen LogP contribution in [0.4, 0.5) is 13.2 Å². The number of carbonyl (C=O) groups excluding carboxylic acids is 1. The summed E-state index contributed by atoms with van der Waals surface area (Å²) in [5.41, 5.74) is 2.09. The Morgan fingerprint density at radius 2 is 1.83 bits per heavy atom. The van der Waals surface area contributed by atoms with E-state index in [-0.39, 0.29) is 6.04 Å². The minimum Gasteiger partial charge on any atom is -0.346 e. The monoisotopic (exact) mass is 480 g/mol. The van der Waals surface area contributed by atoms with Crippen molar-refractivity contribution < 1.29 is 18.0 Å². The van der Waals surface area contributed by atoms with Crippen molar-refractivity contribution in [3.63, 3.8) is 0 Å². The summed E-state index contributed by atoms with van der Waals surface area (Å²) in [5.74, 6) is -4.96. The molecule has 2 aliphatic heterocycles. The Balaban J connectivity index is 1.05. The summed E-state index contributed by atoms with van der Waals surface area (Å²) in [4.78, 5) is 28.2. The molecule has 2 fully saturated rings. The summed E-state index contributed by atoms with van der Waals surface area (Å²) >= 11 is 0. The van der Waals surface area contributed by atoms with Crippen LogP contribution in [0.25, 0.3) is 22.3 Å². The van der Waals surface area contributed by atoms with E-state index < -0.39 is 28.9 Å². The average molecular weight is 480 g/mol. The molecule has 0 unspecified atom stereocenters. The van der Waals surface area contributed by atoms with Gasteiger partial charge in [-0.25, -0.2) is 23.1 Å². The van der Waals surface area contributed by atoms with E-state index in [9.17, 15) is 18.0 Å². The Morgan fingerprint density at radius 1 is 1.03 bits per heavy atom. The first-order valence-corrected chi connectivity index (χ1v) is 11.3. The number of carbonyl (C=O) groups is 1. The molecule has 35 heavy (non-hydrogen) atoms. The molecule has 4 aromatic rings. The average Bonchev–Trinajstić information content (AvgIpc) is 3.52. The molecule has 1 radical (unpaired) electrons. The predicted octanol–water partition coefficient (Wildman–Crippen LogP) is 3.24. The molecule has 1 N–H and O–H groups in total. The van der Waals surface area contributed by atoms with Gasteiger partial charge in [0.05, 0.1) is 17.5 Å². The van der Waals surface area contributed by atoms with Gasteiger partial charge in [0.25, 0.3) is 5.91 Å². The van der Waals surface area contributed by atoms with Crippen LogP contribution in [-0.4, -0.2) is 72.7 Å². The molecular formula is C24H21F3N7O. The predicted molar refractivity (Wildman–Crippen MR) is 121 cm³/mol. The fourth-order valence-electron chi connectivity index (χ4n) is 4.84. The highest BCUT2D eigenvalue weighted by molar-refractivity contribution is 5.94. The Morgan fingerprint density at radius 3 is 2.63 bits per heavy atom. The number of hydrogen-bond donors (Lipinski definition) is 1. The largest absolute Gasteiger partial charge is 0.346 e. The Hall–Kier alpha value is -3.73. The van der Waals surface area contributed by atoms with E-state index in [1.165, 1.54) is 11.2 Å². The summed E-state index contributed by atoms with van der Waals surface area (Å²) in [6.07, 6.45) is 8.58. The van der Waals surface area contributed by atoms with Crippen molar-refractivity contribution in [1.29, 1.82) is 0 Å². The number of rotatable bonds is 4. The fourth-order valence-corrected chi connectivity index (χ4v) is 4.84. The summed E-state index contributed by atoms with van der Waals surface area (Å²) in [7, 11) is 0. The maximum absolute atomic E-state index is 14.0. The number of nitrogens with zero attached hydrogens (tertiary/aromatic N) is 6. The van der Waals surface area contributed by atoms with Crippen LogP contribution in [0.2, 0.25) is 0 Å². The molecular weight excluding hydrogens is 459 g/mol. The zero-order valence-corrected chi connectivity index (χ0v) is 18.6. The van der Waals surface area contributed by atoms with Crippen LogP contribution >= 0.6 is 0 Å². The zero-order valence-electron chi connectivity index (χ0n) is 18.6. The van der Waals surface area contributed by atoms with Gasteiger partial charge in [-0.15, -0.1) is 0 Å². The quantitative estimate of drug-likeness (QED) is 0.454. The molecule has 0 atom stereocenters. The minimum absolute atomic E-state index is 0.286. The number of nitrogens with one attached hydrogen (secondary N) is 1. The maximum Gasteiger partial charge on any atom is 0.256 e. The molecule has 6 rings (SSSR count). The highest BCUT2D eigenvalue weighted by Crippen LogP contribution is 2.30. The van der Waals surface area contributed by atoms with Crippen molar-refractivity contribution in [3.8, 4) is 11.3 Å². The van der Waals surface area contributed by atoms with E-state index in [4.69, 9.17) is 0 Å². The second-order valence-corrected chi connectivity index (χ2v) is 8.85. The number of piperidine rings is 1. The van der Waals surface area contributed by atoms with Crippen LogP contribution in [0.15, 0.2) is 43.1 Å². The molecule has 5 heterocycles. The first-order chi connectivity index (χ1) is 17.0. The molecule has 0 saturated carbocycles. The summed E-state index contributed by atoms with van der Waals surface area (Å²) < 4.78 is 42.6. The van der Waals surface area contributed by atoms with Crippen LogP contribution < -0.4 is 0 Å². The van der Waals surface area contributed by atoms with Crippen LogP contribution in [0.5, 0.6) is 0 Å². The smallest absolute Gasteiger partial charge is 0.256 e. The standard InChI is InChI=1S/C24H21F3N7O/c25-19-2-1-17(20(26)21(19)27)24(35)32-7-4-15(5-8-32)33-11-16(12-33)34-10-14(9-31-34)22-18-3-6-28-23(18)30-13-29-22/h1-3,6,9-10,13,15H,4-5,7-8,11-12H2,(H,28,29,30). The van der Waals surface area contributed by atoms with Crippen LogP contribution in [0.1, 0.15) is 23.2 Å². The van der Waals surface area contributed by atoms with E-state index in [0.717, 1.165) is 66.4 Å². The fraction of sp³-hybridized carbons (Fsp3) is 0.292. The third-order valence-corrected chi connectivity index (χ3v) is 6.84. The molecule has 2 aliphatic rings. The van der Waals surface area contributed by atoms with Gasteiger partial charge in [0.1, 0.15) is 18.0 Å². The Labute approximate surface area is 198 Å². The van der Waals surface area contributed by atoms with Gasteiger partial charge in [-0.1, -0.05) is 0 Å². The lowest BCUT2D eigenvalue weighted by molar-refractivity contribution is 0.0511. The van der Waals surface area contributed by atoms with Gasteiger partial charge in [0.15, 0.2) is 17.5 Å². The van der Waals surface area contributed by atoms with E-state index in [1.807, 2.05) is 23.1 Å². The summed E-state index contributed by atoms with van der Waals surface area (Å²) in [5, 5.41) is 5.45. The molecule has 0 spiro atoms. The van der Waals surface area contributed by atoms with Crippen LogP contribution in [-0.2, 0) is 0 Å². The van der Waals surface area contributed by atoms with Gasteiger partial charge < -0.3 is 9.88 Å². The van der Waals surface area contributed by atoms with Gasteiger partial charge in [-0.2, -0.15) is 5.10 Å². The number of aromatic amines is 1. The van der Waals surface area contributed by atoms with E-state index in [1.54, 1.807) is 6.20 Å². The molecule has 11 heteroatoms. The number of fused-ring (bicyclic) bond motifs is 1. The molecule has 8 nitrogen and oxygen atoms in total. The SMILES string of the molecule is O=C(c1ccc(F)c(F)c1F)N1CCC(N2C[C](n3cc(-c4ncnc5[nH]ccc45)cn3)C2)CC1. The number of aromatic nitrogens is 5. The summed E-state index contributed by atoms with van der Waals surface area (Å²) in [6, 6.07) is 5.17. The summed E-state index contributed by atoms with van der Waals surface area (Å²) in [6.45, 7) is 2.39. The number of likely N-dealkylation sites (tertiary alicyclic amines) is 2.